The zero-order valence-corrected chi connectivity index (χ0v) is 12.2. The van der Waals surface area contributed by atoms with E-state index in [2.05, 4.69) is 15.9 Å². The van der Waals surface area contributed by atoms with Crippen LogP contribution in [0.3, 0.4) is 0 Å². The first-order valence-corrected chi connectivity index (χ1v) is 6.65. The molecular formula is C15H11BrFNO2. The van der Waals surface area contributed by atoms with E-state index in [1.54, 1.807) is 25.1 Å². The Kier molecular flexibility index (Phi) is 4.38. The Hall–Kier alpha value is -1.90. The molecule has 0 fully saturated rings. The second-order valence-corrected chi connectivity index (χ2v) is 5.13. The first-order valence-electron chi connectivity index (χ1n) is 5.86. The third kappa shape index (κ3) is 3.16. The van der Waals surface area contributed by atoms with Gasteiger partial charge in [0.2, 0.25) is 0 Å². The molecule has 2 aromatic rings. The highest BCUT2D eigenvalue weighted by molar-refractivity contribution is 9.10. The van der Waals surface area contributed by atoms with Crippen molar-refractivity contribution in [2.75, 3.05) is 0 Å². The van der Waals surface area contributed by atoms with Crippen molar-refractivity contribution in [2.45, 2.75) is 13.0 Å². The molecule has 0 radical (unpaired) electrons. The third-order valence-corrected chi connectivity index (χ3v) is 3.20. The lowest BCUT2D eigenvalue weighted by molar-refractivity contribution is 0.195. The number of halogens is 2. The van der Waals surface area contributed by atoms with Gasteiger partial charge in [-0.15, -0.1) is 0 Å². The number of rotatable bonds is 3. The van der Waals surface area contributed by atoms with Crippen LogP contribution in [0.1, 0.15) is 24.2 Å². The summed E-state index contributed by atoms with van der Waals surface area (Å²) >= 11 is 3.24. The molecule has 0 bridgehead atoms. The monoisotopic (exact) mass is 335 g/mol. The van der Waals surface area contributed by atoms with Crippen LogP contribution in [0, 0.1) is 17.1 Å². The molecule has 0 saturated heterocycles. The van der Waals surface area contributed by atoms with Gasteiger partial charge in [0.05, 0.1) is 17.7 Å². The summed E-state index contributed by atoms with van der Waals surface area (Å²) in [6, 6.07) is 10.9. The van der Waals surface area contributed by atoms with Crippen LogP contribution in [-0.2, 0) is 0 Å². The van der Waals surface area contributed by atoms with E-state index < -0.39 is 11.9 Å². The summed E-state index contributed by atoms with van der Waals surface area (Å²) in [7, 11) is 0. The quantitative estimate of drug-likeness (QED) is 0.909. The Morgan fingerprint density at radius 3 is 2.65 bits per heavy atom. The van der Waals surface area contributed by atoms with Gasteiger partial charge in [-0.2, -0.15) is 5.26 Å². The molecule has 2 rings (SSSR count). The van der Waals surface area contributed by atoms with Crippen LogP contribution in [0.5, 0.6) is 11.5 Å². The minimum atomic E-state index is -0.784. The number of hydrogen-bond donors (Lipinski definition) is 1. The molecule has 0 amide bonds. The van der Waals surface area contributed by atoms with Crippen LogP contribution in [0.25, 0.3) is 0 Å². The first kappa shape index (κ1) is 14.5. The summed E-state index contributed by atoms with van der Waals surface area (Å²) in [5, 5.41) is 18.6. The molecule has 1 N–H and O–H groups in total. The molecule has 0 aliphatic heterocycles. The molecule has 0 aromatic heterocycles. The summed E-state index contributed by atoms with van der Waals surface area (Å²) in [6.07, 6.45) is -0.784. The molecule has 20 heavy (non-hydrogen) atoms. The molecular weight excluding hydrogens is 325 g/mol. The molecule has 5 heteroatoms. The Morgan fingerprint density at radius 2 is 2.00 bits per heavy atom. The zero-order valence-electron chi connectivity index (χ0n) is 10.6. The fourth-order valence-corrected chi connectivity index (χ4v) is 2.05. The lowest BCUT2D eigenvalue weighted by atomic mass is 10.1. The van der Waals surface area contributed by atoms with Crippen LogP contribution in [0.2, 0.25) is 0 Å². The lowest BCUT2D eigenvalue weighted by Gasteiger charge is -2.14. The van der Waals surface area contributed by atoms with Crippen LogP contribution < -0.4 is 4.74 Å². The Bertz CT molecular complexity index is 680. The van der Waals surface area contributed by atoms with E-state index in [0.29, 0.717) is 15.6 Å². The van der Waals surface area contributed by atoms with Crippen molar-refractivity contribution in [1.82, 2.24) is 0 Å². The van der Waals surface area contributed by atoms with Crippen molar-refractivity contribution >= 4 is 15.9 Å². The summed E-state index contributed by atoms with van der Waals surface area (Å²) in [5.41, 5.74) is 0.864. The third-order valence-electron chi connectivity index (χ3n) is 2.71. The van der Waals surface area contributed by atoms with Gasteiger partial charge in [0.1, 0.15) is 5.75 Å². The van der Waals surface area contributed by atoms with E-state index in [1.165, 1.54) is 18.2 Å². The van der Waals surface area contributed by atoms with Gasteiger partial charge in [0.25, 0.3) is 0 Å². The maximum absolute atomic E-state index is 13.7. The van der Waals surface area contributed by atoms with Crippen molar-refractivity contribution in [1.29, 1.82) is 5.26 Å². The van der Waals surface area contributed by atoms with Crippen LogP contribution in [0.15, 0.2) is 40.9 Å². The fourth-order valence-electron chi connectivity index (χ4n) is 1.71. The largest absolute Gasteiger partial charge is 0.454 e. The van der Waals surface area contributed by atoms with Crippen molar-refractivity contribution in [3.05, 3.63) is 57.8 Å². The first-order chi connectivity index (χ1) is 9.51. The van der Waals surface area contributed by atoms with Gasteiger partial charge in [-0.1, -0.05) is 22.0 Å². The number of hydrogen-bond acceptors (Lipinski definition) is 3. The number of nitrogens with zero attached hydrogens (tertiary/aromatic N) is 1. The second kappa shape index (κ2) is 6.04. The average Bonchev–Trinajstić information content (AvgIpc) is 2.42. The molecule has 0 saturated carbocycles. The van der Waals surface area contributed by atoms with Gasteiger partial charge in [-0.3, -0.25) is 0 Å². The second-order valence-electron chi connectivity index (χ2n) is 4.22. The standard InChI is InChI=1S/C15H11BrFNO2/c1-9(19)12-4-2-10(8-18)6-14(12)20-15-7-11(16)3-5-13(15)17/h2-7,9,19H,1H3. The van der Waals surface area contributed by atoms with Crippen molar-refractivity contribution in [2.24, 2.45) is 0 Å². The maximum atomic E-state index is 13.7. The van der Waals surface area contributed by atoms with Gasteiger partial charge in [-0.05, 0) is 37.3 Å². The van der Waals surface area contributed by atoms with E-state index in [1.807, 2.05) is 6.07 Å². The molecule has 2 aromatic carbocycles. The summed E-state index contributed by atoms with van der Waals surface area (Å²) in [4.78, 5) is 0. The summed E-state index contributed by atoms with van der Waals surface area (Å²) in [5.74, 6) is -0.237. The normalized spacial score (nSPS) is 11.8. The topological polar surface area (TPSA) is 53.2 Å². The SMILES string of the molecule is CC(O)c1ccc(C#N)cc1Oc1cc(Br)ccc1F. The van der Waals surface area contributed by atoms with Crippen LogP contribution in [0.4, 0.5) is 4.39 Å². The number of benzene rings is 2. The zero-order chi connectivity index (χ0) is 14.7. The Morgan fingerprint density at radius 1 is 1.25 bits per heavy atom. The lowest BCUT2D eigenvalue weighted by Crippen LogP contribution is -1.98. The van der Waals surface area contributed by atoms with E-state index >= 15 is 0 Å². The molecule has 0 aliphatic rings. The van der Waals surface area contributed by atoms with Gasteiger partial charge < -0.3 is 9.84 Å². The predicted molar refractivity (Wildman–Crippen MR) is 76.0 cm³/mol. The summed E-state index contributed by atoms with van der Waals surface area (Å²) in [6.45, 7) is 1.57. The molecule has 1 atom stereocenters. The van der Waals surface area contributed by atoms with Crippen LogP contribution >= 0.6 is 15.9 Å². The van der Waals surface area contributed by atoms with Gasteiger partial charge >= 0.3 is 0 Å². The fraction of sp³-hybridized carbons (Fsp3) is 0.133. The van der Waals surface area contributed by atoms with E-state index in [4.69, 9.17) is 10.00 Å². The highest BCUT2D eigenvalue weighted by Gasteiger charge is 2.13. The molecule has 3 nitrogen and oxygen atoms in total. The maximum Gasteiger partial charge on any atom is 0.165 e. The summed E-state index contributed by atoms with van der Waals surface area (Å²) < 4.78 is 19.9. The van der Waals surface area contributed by atoms with Crippen molar-refractivity contribution in [3.8, 4) is 17.6 Å². The number of aliphatic hydroxyl groups excluding tert-OH is 1. The smallest absolute Gasteiger partial charge is 0.165 e. The number of aliphatic hydroxyl groups is 1. The average molecular weight is 336 g/mol. The van der Waals surface area contributed by atoms with Crippen LogP contribution in [-0.4, -0.2) is 5.11 Å². The molecule has 0 aliphatic carbocycles. The van der Waals surface area contributed by atoms with Crippen molar-refractivity contribution in [3.63, 3.8) is 0 Å². The minimum absolute atomic E-state index is 0.0244. The predicted octanol–water partition coefficient (Wildman–Crippen LogP) is 4.31. The Labute approximate surface area is 124 Å². The molecule has 0 heterocycles. The van der Waals surface area contributed by atoms with Gasteiger partial charge in [0, 0.05) is 10.0 Å². The number of ether oxygens (including phenoxy) is 1. The molecule has 0 spiro atoms. The molecule has 1 unspecified atom stereocenters. The minimum Gasteiger partial charge on any atom is -0.454 e. The number of nitriles is 1. The molecule has 102 valence electrons. The highest BCUT2D eigenvalue weighted by Crippen LogP contribution is 2.33. The van der Waals surface area contributed by atoms with Gasteiger partial charge in [-0.25, -0.2) is 4.39 Å². The van der Waals surface area contributed by atoms with Gasteiger partial charge in [0.15, 0.2) is 11.6 Å². The Balaban J connectivity index is 2.46. The van der Waals surface area contributed by atoms with Crippen molar-refractivity contribution < 1.29 is 14.2 Å². The van der Waals surface area contributed by atoms with E-state index in [9.17, 15) is 9.50 Å². The van der Waals surface area contributed by atoms with E-state index in [-0.39, 0.29) is 11.5 Å². The van der Waals surface area contributed by atoms with E-state index in [0.717, 1.165) is 0 Å². The highest BCUT2D eigenvalue weighted by atomic mass is 79.9.